The van der Waals surface area contributed by atoms with Crippen LogP contribution in [0.5, 0.6) is 5.75 Å². The van der Waals surface area contributed by atoms with Gasteiger partial charge in [0.2, 0.25) is 5.91 Å². The van der Waals surface area contributed by atoms with Crippen LogP contribution >= 0.6 is 24.0 Å². The van der Waals surface area contributed by atoms with E-state index in [0.29, 0.717) is 19.0 Å². The molecule has 168 valence electrons. The first-order valence-electron chi connectivity index (χ1n) is 10.4. The Labute approximate surface area is 202 Å². The van der Waals surface area contributed by atoms with Crippen molar-refractivity contribution in [2.24, 2.45) is 4.99 Å². The summed E-state index contributed by atoms with van der Waals surface area (Å²) in [6.45, 7) is 8.27. The van der Waals surface area contributed by atoms with Crippen LogP contribution in [0.2, 0.25) is 0 Å². The highest BCUT2D eigenvalue weighted by molar-refractivity contribution is 14.0. The van der Waals surface area contributed by atoms with Crippen molar-refractivity contribution in [3.8, 4) is 5.75 Å². The Kier molecular flexibility index (Phi) is 9.15. The molecule has 0 spiro atoms. The second-order valence-electron chi connectivity index (χ2n) is 8.44. The Bertz CT molecular complexity index is 908. The van der Waals surface area contributed by atoms with Crippen molar-refractivity contribution in [3.05, 3.63) is 65.2 Å². The molecule has 2 aromatic carbocycles. The SMILES string of the molecule is CN=C(NCC(=O)N1CCc2ccccc2C1)NCc1ccccc1OC(C)(C)C.I. The number of halogens is 1. The van der Waals surface area contributed by atoms with Crippen LogP contribution in [0.25, 0.3) is 0 Å². The van der Waals surface area contributed by atoms with Gasteiger partial charge in [-0.1, -0.05) is 42.5 Å². The van der Waals surface area contributed by atoms with Gasteiger partial charge < -0.3 is 20.3 Å². The van der Waals surface area contributed by atoms with Crippen molar-refractivity contribution in [1.82, 2.24) is 15.5 Å². The van der Waals surface area contributed by atoms with Crippen molar-refractivity contribution in [2.45, 2.75) is 45.9 Å². The third-order valence-electron chi connectivity index (χ3n) is 4.95. The van der Waals surface area contributed by atoms with E-state index in [1.807, 2.05) is 56.0 Å². The Morgan fingerprint density at radius 2 is 1.74 bits per heavy atom. The first-order valence-corrected chi connectivity index (χ1v) is 10.4. The predicted octanol–water partition coefficient (Wildman–Crippen LogP) is 3.73. The molecule has 0 aromatic heterocycles. The minimum Gasteiger partial charge on any atom is -0.488 e. The number of para-hydroxylation sites is 1. The van der Waals surface area contributed by atoms with E-state index in [9.17, 15) is 4.79 Å². The van der Waals surface area contributed by atoms with Gasteiger partial charge in [-0.15, -0.1) is 24.0 Å². The van der Waals surface area contributed by atoms with Crippen LogP contribution in [0.4, 0.5) is 0 Å². The predicted molar refractivity (Wildman–Crippen MR) is 136 cm³/mol. The number of nitrogens with zero attached hydrogens (tertiary/aromatic N) is 2. The van der Waals surface area contributed by atoms with Crippen LogP contribution in [0, 0.1) is 0 Å². The average molecular weight is 536 g/mol. The molecule has 0 aliphatic carbocycles. The molecule has 2 N–H and O–H groups in total. The Morgan fingerprint density at radius 3 is 2.45 bits per heavy atom. The average Bonchev–Trinajstić information content (AvgIpc) is 2.73. The Hall–Kier alpha value is -2.29. The number of carbonyl (C=O) groups excluding carboxylic acids is 1. The van der Waals surface area contributed by atoms with Gasteiger partial charge in [-0.05, 0) is 44.4 Å². The number of hydrogen-bond donors (Lipinski definition) is 2. The molecule has 1 heterocycles. The largest absolute Gasteiger partial charge is 0.488 e. The lowest BCUT2D eigenvalue weighted by Gasteiger charge is -2.29. The van der Waals surface area contributed by atoms with Crippen LogP contribution in [0.3, 0.4) is 0 Å². The summed E-state index contributed by atoms with van der Waals surface area (Å²) in [5.41, 5.74) is 3.34. The molecule has 6 nitrogen and oxygen atoms in total. The van der Waals surface area contributed by atoms with Gasteiger partial charge in [-0.3, -0.25) is 9.79 Å². The molecule has 0 saturated carbocycles. The second kappa shape index (κ2) is 11.4. The standard InChI is InChI=1S/C24H32N4O2.HI/c1-24(2,3)30-21-12-8-7-10-19(21)15-26-23(25-4)27-16-22(29)28-14-13-18-9-5-6-11-20(18)17-28;/h5-12H,13-17H2,1-4H3,(H2,25,26,27);1H. The van der Waals surface area contributed by atoms with E-state index >= 15 is 0 Å². The van der Waals surface area contributed by atoms with Crippen LogP contribution in [-0.4, -0.2) is 42.5 Å². The summed E-state index contributed by atoms with van der Waals surface area (Å²) < 4.78 is 6.04. The molecule has 0 bridgehead atoms. The van der Waals surface area contributed by atoms with Crippen LogP contribution in [-0.2, 0) is 24.3 Å². The lowest BCUT2D eigenvalue weighted by molar-refractivity contribution is -0.130. The quantitative estimate of drug-likeness (QED) is 0.348. The molecule has 0 radical (unpaired) electrons. The topological polar surface area (TPSA) is 66.0 Å². The molecular weight excluding hydrogens is 503 g/mol. The number of nitrogens with one attached hydrogen (secondary N) is 2. The number of rotatable bonds is 5. The molecule has 1 aliphatic rings. The zero-order valence-electron chi connectivity index (χ0n) is 18.8. The van der Waals surface area contributed by atoms with E-state index in [0.717, 1.165) is 24.3 Å². The summed E-state index contributed by atoms with van der Waals surface area (Å²) >= 11 is 0. The second-order valence-corrected chi connectivity index (χ2v) is 8.44. The summed E-state index contributed by atoms with van der Waals surface area (Å²) in [4.78, 5) is 18.8. The molecule has 7 heteroatoms. The van der Waals surface area contributed by atoms with Gasteiger partial charge in [0.1, 0.15) is 11.4 Å². The Balaban J connectivity index is 0.00000341. The number of hydrogen-bond acceptors (Lipinski definition) is 3. The summed E-state index contributed by atoms with van der Waals surface area (Å²) in [7, 11) is 1.70. The normalized spacial score (nSPS) is 13.7. The third kappa shape index (κ3) is 7.41. The molecule has 0 saturated heterocycles. The fourth-order valence-corrected chi connectivity index (χ4v) is 3.46. The van der Waals surface area contributed by atoms with Gasteiger partial charge in [0, 0.05) is 32.2 Å². The first kappa shape index (κ1) is 25.0. The number of benzene rings is 2. The number of amides is 1. The van der Waals surface area contributed by atoms with E-state index < -0.39 is 0 Å². The number of fused-ring (bicyclic) bond motifs is 1. The van der Waals surface area contributed by atoms with E-state index in [1.165, 1.54) is 11.1 Å². The maximum absolute atomic E-state index is 12.7. The van der Waals surface area contributed by atoms with Crippen LogP contribution in [0.15, 0.2) is 53.5 Å². The highest BCUT2D eigenvalue weighted by Crippen LogP contribution is 2.23. The fourth-order valence-electron chi connectivity index (χ4n) is 3.46. The van der Waals surface area contributed by atoms with Crippen LogP contribution < -0.4 is 15.4 Å². The van der Waals surface area contributed by atoms with Crippen molar-refractivity contribution < 1.29 is 9.53 Å². The molecule has 0 fully saturated rings. The van der Waals surface area contributed by atoms with Gasteiger partial charge in [0.25, 0.3) is 0 Å². The summed E-state index contributed by atoms with van der Waals surface area (Å²) in [6, 6.07) is 16.3. The molecule has 0 atom stereocenters. The molecule has 31 heavy (non-hydrogen) atoms. The van der Waals surface area contributed by atoms with Crippen molar-refractivity contribution >= 4 is 35.8 Å². The summed E-state index contributed by atoms with van der Waals surface area (Å²) in [5, 5.41) is 6.41. The lowest BCUT2D eigenvalue weighted by atomic mass is 10.00. The number of guanidine groups is 1. The molecule has 0 unspecified atom stereocenters. The van der Waals surface area contributed by atoms with Gasteiger partial charge in [-0.25, -0.2) is 0 Å². The minimum atomic E-state index is -0.268. The first-order chi connectivity index (χ1) is 14.4. The summed E-state index contributed by atoms with van der Waals surface area (Å²) in [6.07, 6.45) is 0.902. The van der Waals surface area contributed by atoms with Gasteiger partial charge in [0.15, 0.2) is 5.96 Å². The van der Waals surface area contributed by atoms with Crippen molar-refractivity contribution in [1.29, 1.82) is 0 Å². The van der Waals surface area contributed by atoms with Crippen LogP contribution in [0.1, 0.15) is 37.5 Å². The maximum atomic E-state index is 12.7. The zero-order chi connectivity index (χ0) is 21.6. The van der Waals surface area contributed by atoms with Gasteiger partial charge >= 0.3 is 0 Å². The Morgan fingerprint density at radius 1 is 1.06 bits per heavy atom. The van der Waals surface area contributed by atoms with Crippen molar-refractivity contribution in [3.63, 3.8) is 0 Å². The molecule has 2 aromatic rings. The fraction of sp³-hybridized carbons (Fsp3) is 0.417. The monoisotopic (exact) mass is 536 g/mol. The highest BCUT2D eigenvalue weighted by Gasteiger charge is 2.20. The number of aliphatic imine (C=N–C) groups is 1. The van der Waals surface area contributed by atoms with Crippen molar-refractivity contribution in [2.75, 3.05) is 20.1 Å². The number of ether oxygens (including phenoxy) is 1. The third-order valence-corrected chi connectivity index (χ3v) is 4.95. The molecule has 1 amide bonds. The number of carbonyl (C=O) groups is 1. The van der Waals surface area contributed by atoms with E-state index in [-0.39, 0.29) is 42.0 Å². The van der Waals surface area contributed by atoms with Gasteiger partial charge in [0.05, 0.1) is 6.54 Å². The smallest absolute Gasteiger partial charge is 0.242 e. The maximum Gasteiger partial charge on any atom is 0.242 e. The zero-order valence-corrected chi connectivity index (χ0v) is 21.1. The minimum absolute atomic E-state index is 0. The molecule has 1 aliphatic heterocycles. The lowest BCUT2D eigenvalue weighted by Crippen LogP contribution is -2.45. The van der Waals surface area contributed by atoms with E-state index in [4.69, 9.17) is 4.74 Å². The van der Waals surface area contributed by atoms with Gasteiger partial charge in [-0.2, -0.15) is 0 Å². The van der Waals surface area contributed by atoms with E-state index in [2.05, 4.69) is 33.8 Å². The molecular formula is C24H33IN4O2. The highest BCUT2D eigenvalue weighted by atomic mass is 127. The molecule has 3 rings (SSSR count). The summed E-state index contributed by atoms with van der Waals surface area (Å²) in [5.74, 6) is 1.51. The van der Waals surface area contributed by atoms with E-state index in [1.54, 1.807) is 7.05 Å².